The third-order valence-corrected chi connectivity index (χ3v) is 4.21. The van der Waals surface area contributed by atoms with Gasteiger partial charge in [-0.3, -0.25) is 4.57 Å². The van der Waals surface area contributed by atoms with Gasteiger partial charge in [-0.25, -0.2) is 4.99 Å². The number of nitrogens with one attached hydrogen (secondary N) is 2. The molecule has 7 nitrogen and oxygen atoms in total. The summed E-state index contributed by atoms with van der Waals surface area (Å²) >= 11 is 0. The zero-order valence-corrected chi connectivity index (χ0v) is 20.8. The second kappa shape index (κ2) is 11.7. The van der Waals surface area contributed by atoms with Crippen molar-refractivity contribution in [3.05, 3.63) is 72.3 Å². The van der Waals surface area contributed by atoms with Gasteiger partial charge >= 0.3 is 0 Å². The Hall–Kier alpha value is -2.62. The van der Waals surface area contributed by atoms with Gasteiger partial charge in [0.15, 0.2) is 11.8 Å². The van der Waals surface area contributed by atoms with Gasteiger partial charge in [-0.05, 0) is 45.9 Å². The highest BCUT2D eigenvalue weighted by molar-refractivity contribution is 14.0. The predicted octanol–water partition coefficient (Wildman–Crippen LogP) is 4.32. The molecule has 166 valence electrons. The lowest BCUT2D eigenvalue weighted by molar-refractivity contribution is 0.129. The number of ether oxygens (including phenoxy) is 1. The molecular weight excluding hydrogens is 503 g/mol. The van der Waals surface area contributed by atoms with Crippen LogP contribution in [0.3, 0.4) is 0 Å². The average Bonchev–Trinajstić information content (AvgIpc) is 3.19. The SMILES string of the molecule is CCNC(=NCc1ccccc1OC(C)(C)C)NCc1nncn1-c1ccccc1.I. The molecule has 0 saturated carbocycles. The van der Waals surface area contributed by atoms with E-state index in [1.54, 1.807) is 6.33 Å². The van der Waals surface area contributed by atoms with E-state index in [0.29, 0.717) is 19.0 Å². The highest BCUT2D eigenvalue weighted by atomic mass is 127. The smallest absolute Gasteiger partial charge is 0.191 e. The molecule has 8 heteroatoms. The zero-order chi connectivity index (χ0) is 21.4. The maximum atomic E-state index is 6.08. The summed E-state index contributed by atoms with van der Waals surface area (Å²) in [6.45, 7) is 9.94. The Kier molecular flexibility index (Phi) is 9.29. The van der Waals surface area contributed by atoms with E-state index >= 15 is 0 Å². The minimum Gasteiger partial charge on any atom is -0.488 e. The number of hydrogen-bond donors (Lipinski definition) is 2. The molecule has 0 aliphatic carbocycles. The van der Waals surface area contributed by atoms with Crippen molar-refractivity contribution in [1.29, 1.82) is 0 Å². The van der Waals surface area contributed by atoms with Gasteiger partial charge in [0.25, 0.3) is 0 Å². The van der Waals surface area contributed by atoms with E-state index in [1.807, 2.05) is 86.9 Å². The second-order valence-electron chi connectivity index (χ2n) is 7.82. The number of aromatic nitrogens is 3. The number of halogens is 1. The van der Waals surface area contributed by atoms with Crippen molar-refractivity contribution in [2.75, 3.05) is 6.54 Å². The molecule has 1 aromatic heterocycles. The molecule has 3 rings (SSSR count). The van der Waals surface area contributed by atoms with E-state index in [2.05, 4.69) is 20.8 Å². The molecule has 0 atom stereocenters. The minimum absolute atomic E-state index is 0. The molecule has 0 saturated heterocycles. The molecule has 0 aliphatic rings. The summed E-state index contributed by atoms with van der Waals surface area (Å²) in [5.74, 6) is 2.38. The molecule has 0 fully saturated rings. The number of benzene rings is 2. The maximum Gasteiger partial charge on any atom is 0.191 e. The first kappa shape index (κ1) is 24.6. The number of hydrogen-bond acceptors (Lipinski definition) is 4. The fraction of sp³-hybridized carbons (Fsp3) is 0.348. The van der Waals surface area contributed by atoms with Crippen LogP contribution < -0.4 is 15.4 Å². The van der Waals surface area contributed by atoms with E-state index in [9.17, 15) is 0 Å². The highest BCUT2D eigenvalue weighted by Crippen LogP contribution is 2.23. The van der Waals surface area contributed by atoms with Crippen LogP contribution >= 0.6 is 24.0 Å². The summed E-state index contributed by atoms with van der Waals surface area (Å²) in [6.07, 6.45) is 1.72. The van der Waals surface area contributed by atoms with Crippen molar-refractivity contribution in [2.24, 2.45) is 4.99 Å². The second-order valence-corrected chi connectivity index (χ2v) is 7.82. The monoisotopic (exact) mass is 534 g/mol. The van der Waals surface area contributed by atoms with Gasteiger partial charge in [-0.2, -0.15) is 0 Å². The Morgan fingerprint density at radius 1 is 1.03 bits per heavy atom. The van der Waals surface area contributed by atoms with Crippen LogP contribution in [0.25, 0.3) is 5.69 Å². The van der Waals surface area contributed by atoms with Gasteiger partial charge in [-0.15, -0.1) is 34.2 Å². The number of aliphatic imine (C=N–C) groups is 1. The maximum absolute atomic E-state index is 6.08. The van der Waals surface area contributed by atoms with Gasteiger partial charge < -0.3 is 15.4 Å². The van der Waals surface area contributed by atoms with Gasteiger partial charge in [-0.1, -0.05) is 36.4 Å². The zero-order valence-electron chi connectivity index (χ0n) is 18.5. The highest BCUT2D eigenvalue weighted by Gasteiger charge is 2.14. The van der Waals surface area contributed by atoms with Crippen molar-refractivity contribution >= 4 is 29.9 Å². The van der Waals surface area contributed by atoms with Crippen LogP contribution in [0.15, 0.2) is 65.9 Å². The first-order valence-electron chi connectivity index (χ1n) is 10.2. The van der Waals surface area contributed by atoms with Crippen molar-refractivity contribution in [2.45, 2.75) is 46.4 Å². The van der Waals surface area contributed by atoms with Crippen molar-refractivity contribution in [3.8, 4) is 11.4 Å². The van der Waals surface area contributed by atoms with Gasteiger partial charge in [0.1, 0.15) is 17.7 Å². The summed E-state index contributed by atoms with van der Waals surface area (Å²) in [6, 6.07) is 18.0. The normalized spacial score (nSPS) is 11.5. The van der Waals surface area contributed by atoms with Gasteiger partial charge in [0, 0.05) is 17.8 Å². The standard InChI is InChI=1S/C23H30N6O.HI/c1-5-24-22(25-15-18-11-9-10-14-20(18)30-23(2,3)4)26-16-21-28-27-17-29(21)19-12-7-6-8-13-19;/h6-14,17H,5,15-16H2,1-4H3,(H2,24,25,26);1H. The summed E-state index contributed by atoms with van der Waals surface area (Å²) < 4.78 is 8.04. The Morgan fingerprint density at radius 2 is 1.74 bits per heavy atom. The van der Waals surface area contributed by atoms with Crippen LogP contribution in [-0.2, 0) is 13.1 Å². The Bertz CT molecular complexity index is 965. The van der Waals surface area contributed by atoms with Crippen LogP contribution in [0.5, 0.6) is 5.75 Å². The number of guanidine groups is 1. The molecular formula is C23H31IN6O. The molecule has 1 heterocycles. The molecule has 3 aromatic rings. The fourth-order valence-electron chi connectivity index (χ4n) is 2.92. The third-order valence-electron chi connectivity index (χ3n) is 4.21. The summed E-state index contributed by atoms with van der Waals surface area (Å²) in [7, 11) is 0. The van der Waals surface area contributed by atoms with E-state index in [-0.39, 0.29) is 29.6 Å². The molecule has 0 radical (unpaired) electrons. The molecule has 0 unspecified atom stereocenters. The molecule has 2 N–H and O–H groups in total. The molecule has 2 aromatic carbocycles. The average molecular weight is 534 g/mol. The van der Waals surface area contributed by atoms with Crippen LogP contribution in [-0.4, -0.2) is 32.9 Å². The van der Waals surface area contributed by atoms with Crippen molar-refractivity contribution in [1.82, 2.24) is 25.4 Å². The van der Waals surface area contributed by atoms with E-state index in [1.165, 1.54) is 0 Å². The first-order valence-corrected chi connectivity index (χ1v) is 10.2. The van der Waals surface area contributed by atoms with E-state index in [4.69, 9.17) is 9.73 Å². The van der Waals surface area contributed by atoms with Crippen LogP contribution in [0.4, 0.5) is 0 Å². The van der Waals surface area contributed by atoms with Crippen molar-refractivity contribution in [3.63, 3.8) is 0 Å². The fourth-order valence-corrected chi connectivity index (χ4v) is 2.92. The molecule has 0 bridgehead atoms. The van der Waals surface area contributed by atoms with Crippen LogP contribution in [0, 0.1) is 0 Å². The summed E-state index contributed by atoms with van der Waals surface area (Å²) in [5, 5.41) is 14.9. The molecule has 0 aliphatic heterocycles. The number of nitrogens with zero attached hydrogens (tertiary/aromatic N) is 4. The quantitative estimate of drug-likeness (QED) is 0.268. The lowest BCUT2D eigenvalue weighted by atomic mass is 10.1. The van der Waals surface area contributed by atoms with Crippen LogP contribution in [0.2, 0.25) is 0 Å². The van der Waals surface area contributed by atoms with Crippen LogP contribution in [0.1, 0.15) is 39.1 Å². The number of para-hydroxylation sites is 2. The lowest BCUT2D eigenvalue weighted by Gasteiger charge is -2.23. The Labute approximate surface area is 201 Å². The van der Waals surface area contributed by atoms with Gasteiger partial charge in [0.2, 0.25) is 0 Å². The summed E-state index contributed by atoms with van der Waals surface area (Å²) in [4.78, 5) is 4.73. The molecule has 31 heavy (non-hydrogen) atoms. The molecule has 0 spiro atoms. The minimum atomic E-state index is -0.260. The Morgan fingerprint density at radius 3 is 2.45 bits per heavy atom. The first-order chi connectivity index (χ1) is 14.5. The number of rotatable bonds is 7. The molecule has 0 amide bonds. The topological polar surface area (TPSA) is 76.4 Å². The largest absolute Gasteiger partial charge is 0.488 e. The third kappa shape index (κ3) is 7.54. The van der Waals surface area contributed by atoms with E-state index in [0.717, 1.165) is 29.4 Å². The Balaban J connectivity index is 0.00000341. The lowest BCUT2D eigenvalue weighted by Crippen LogP contribution is -2.37. The van der Waals surface area contributed by atoms with E-state index < -0.39 is 0 Å². The van der Waals surface area contributed by atoms with Crippen molar-refractivity contribution < 1.29 is 4.74 Å². The van der Waals surface area contributed by atoms with Gasteiger partial charge in [0.05, 0.1) is 13.1 Å². The predicted molar refractivity (Wildman–Crippen MR) is 135 cm³/mol. The summed E-state index contributed by atoms with van der Waals surface area (Å²) in [5.41, 5.74) is 1.80.